The molecular weight excluding hydrogens is 316 g/mol. The van der Waals surface area contributed by atoms with Crippen molar-refractivity contribution in [2.45, 2.75) is 18.9 Å². The second-order valence-electron chi connectivity index (χ2n) is 6.93. The van der Waals surface area contributed by atoms with Gasteiger partial charge in [-0.2, -0.15) is 0 Å². The van der Waals surface area contributed by atoms with Crippen molar-refractivity contribution >= 4 is 5.91 Å². The third-order valence-electron chi connectivity index (χ3n) is 5.15. The van der Waals surface area contributed by atoms with Crippen molar-refractivity contribution < 1.29 is 14.3 Å². The third kappa shape index (κ3) is 3.12. The van der Waals surface area contributed by atoms with Gasteiger partial charge in [-0.1, -0.05) is 17.7 Å². The van der Waals surface area contributed by atoms with E-state index in [4.69, 9.17) is 9.47 Å². The van der Waals surface area contributed by atoms with Crippen LogP contribution in [0.15, 0.2) is 48.8 Å². The molecule has 2 fully saturated rings. The fourth-order valence-corrected chi connectivity index (χ4v) is 3.70. The summed E-state index contributed by atoms with van der Waals surface area (Å²) in [7, 11) is 0. The zero-order valence-electron chi connectivity index (χ0n) is 14.4. The number of aromatic nitrogens is 1. The van der Waals surface area contributed by atoms with Gasteiger partial charge in [0.25, 0.3) is 5.91 Å². The van der Waals surface area contributed by atoms with E-state index in [1.54, 1.807) is 12.4 Å². The summed E-state index contributed by atoms with van der Waals surface area (Å²) in [5.41, 5.74) is 1.60. The fraction of sp³-hybridized carbons (Fsp3) is 0.400. The lowest BCUT2D eigenvalue weighted by Crippen LogP contribution is -2.66. The molecule has 0 radical (unpaired) electrons. The minimum Gasteiger partial charge on any atom is -0.492 e. The van der Waals surface area contributed by atoms with Gasteiger partial charge in [0.15, 0.2) is 0 Å². The van der Waals surface area contributed by atoms with Crippen molar-refractivity contribution in [2.75, 3.05) is 26.3 Å². The molecule has 1 spiro atoms. The largest absolute Gasteiger partial charge is 0.492 e. The Morgan fingerprint density at radius 3 is 3.00 bits per heavy atom. The van der Waals surface area contributed by atoms with Gasteiger partial charge in [-0.3, -0.25) is 9.78 Å². The van der Waals surface area contributed by atoms with E-state index in [0.29, 0.717) is 25.6 Å². The van der Waals surface area contributed by atoms with Crippen molar-refractivity contribution in [3.63, 3.8) is 0 Å². The highest BCUT2D eigenvalue weighted by Gasteiger charge is 2.54. The minimum atomic E-state index is -0.248. The summed E-state index contributed by atoms with van der Waals surface area (Å²) >= 11 is 0. The Morgan fingerprint density at radius 1 is 1.36 bits per heavy atom. The summed E-state index contributed by atoms with van der Waals surface area (Å²) in [5, 5.41) is 0. The molecule has 1 aromatic carbocycles. The standard InChI is InChI=1S/C20H22N2O3/c1-15-4-2-5-16(10-15)19(23)22-13-20(14-22)17(7-9-25-20)12-24-18-6-3-8-21-11-18/h2-6,8,10-11,17H,7,9,12-14H2,1H3/t17-/m1/s1. The van der Waals surface area contributed by atoms with E-state index in [2.05, 4.69) is 4.98 Å². The Labute approximate surface area is 147 Å². The lowest BCUT2D eigenvalue weighted by molar-refractivity contribution is -0.122. The molecule has 0 unspecified atom stereocenters. The summed E-state index contributed by atoms with van der Waals surface area (Å²) < 4.78 is 11.9. The summed E-state index contributed by atoms with van der Waals surface area (Å²) in [4.78, 5) is 18.6. The highest BCUT2D eigenvalue weighted by atomic mass is 16.5. The van der Waals surface area contributed by atoms with Gasteiger partial charge in [0.1, 0.15) is 11.4 Å². The average molecular weight is 338 g/mol. The normalized spacial score (nSPS) is 21.2. The number of likely N-dealkylation sites (tertiary alicyclic amines) is 1. The number of pyridine rings is 1. The molecule has 0 aliphatic carbocycles. The highest BCUT2D eigenvalue weighted by Crippen LogP contribution is 2.40. The van der Waals surface area contributed by atoms with E-state index in [1.165, 1.54) is 0 Å². The van der Waals surface area contributed by atoms with Crippen LogP contribution in [-0.4, -0.2) is 47.7 Å². The number of rotatable bonds is 4. The van der Waals surface area contributed by atoms with Crippen molar-refractivity contribution in [3.8, 4) is 5.75 Å². The molecule has 4 rings (SSSR count). The SMILES string of the molecule is Cc1cccc(C(=O)N2CC3(C2)OCC[C@@H]3COc2cccnc2)c1. The molecule has 1 amide bonds. The van der Waals surface area contributed by atoms with Crippen LogP contribution in [0.2, 0.25) is 0 Å². The van der Waals surface area contributed by atoms with Crippen LogP contribution < -0.4 is 4.74 Å². The molecule has 0 saturated carbocycles. The number of carbonyl (C=O) groups is 1. The van der Waals surface area contributed by atoms with E-state index >= 15 is 0 Å². The maximum absolute atomic E-state index is 12.6. The van der Waals surface area contributed by atoms with Crippen molar-refractivity contribution in [3.05, 3.63) is 59.9 Å². The zero-order valence-corrected chi connectivity index (χ0v) is 14.4. The summed E-state index contributed by atoms with van der Waals surface area (Å²) in [6.07, 6.45) is 4.41. The summed E-state index contributed by atoms with van der Waals surface area (Å²) in [6, 6.07) is 11.5. The van der Waals surface area contributed by atoms with Gasteiger partial charge in [0, 0.05) is 24.3 Å². The summed E-state index contributed by atoms with van der Waals surface area (Å²) in [5.74, 6) is 1.16. The molecular formula is C20H22N2O3. The van der Waals surface area contributed by atoms with Crippen molar-refractivity contribution in [1.29, 1.82) is 0 Å². The van der Waals surface area contributed by atoms with E-state index in [0.717, 1.165) is 29.9 Å². The first kappa shape index (κ1) is 16.1. The number of nitrogens with zero attached hydrogens (tertiary/aromatic N) is 2. The lowest BCUT2D eigenvalue weighted by Gasteiger charge is -2.50. The number of hydrogen-bond donors (Lipinski definition) is 0. The molecule has 130 valence electrons. The van der Waals surface area contributed by atoms with Gasteiger partial charge in [-0.05, 0) is 37.6 Å². The molecule has 2 aliphatic rings. The van der Waals surface area contributed by atoms with Crippen LogP contribution in [0.25, 0.3) is 0 Å². The number of hydrogen-bond acceptors (Lipinski definition) is 4. The lowest BCUT2D eigenvalue weighted by atomic mass is 9.81. The minimum absolute atomic E-state index is 0.0803. The molecule has 2 aromatic rings. The maximum Gasteiger partial charge on any atom is 0.254 e. The molecule has 5 nitrogen and oxygen atoms in total. The van der Waals surface area contributed by atoms with Crippen molar-refractivity contribution in [1.82, 2.24) is 9.88 Å². The number of aryl methyl sites for hydroxylation is 1. The maximum atomic E-state index is 12.6. The van der Waals surface area contributed by atoms with Gasteiger partial charge in [0.05, 0.1) is 25.9 Å². The first-order valence-corrected chi connectivity index (χ1v) is 8.69. The first-order valence-electron chi connectivity index (χ1n) is 8.69. The van der Waals surface area contributed by atoms with Crippen LogP contribution in [0, 0.1) is 12.8 Å². The van der Waals surface area contributed by atoms with E-state index in [9.17, 15) is 4.79 Å². The van der Waals surface area contributed by atoms with Gasteiger partial charge >= 0.3 is 0 Å². The molecule has 5 heteroatoms. The van der Waals surface area contributed by atoms with Gasteiger partial charge in [0.2, 0.25) is 0 Å². The molecule has 2 aliphatic heterocycles. The predicted molar refractivity (Wildman–Crippen MR) is 93.6 cm³/mol. The molecule has 0 bridgehead atoms. The molecule has 1 aromatic heterocycles. The monoisotopic (exact) mass is 338 g/mol. The Balaban J connectivity index is 1.38. The highest BCUT2D eigenvalue weighted by molar-refractivity contribution is 5.95. The van der Waals surface area contributed by atoms with Gasteiger partial charge < -0.3 is 14.4 Å². The van der Waals surface area contributed by atoms with E-state index in [1.807, 2.05) is 48.2 Å². The van der Waals surface area contributed by atoms with Crippen LogP contribution in [0.5, 0.6) is 5.75 Å². The van der Waals surface area contributed by atoms with Gasteiger partial charge in [-0.15, -0.1) is 0 Å². The van der Waals surface area contributed by atoms with Crippen LogP contribution in [-0.2, 0) is 4.74 Å². The first-order chi connectivity index (χ1) is 12.2. The van der Waals surface area contributed by atoms with Crippen LogP contribution >= 0.6 is 0 Å². The molecule has 1 atom stereocenters. The summed E-state index contributed by atoms with van der Waals surface area (Å²) in [6.45, 7) is 4.60. The molecule has 25 heavy (non-hydrogen) atoms. The predicted octanol–water partition coefficient (Wildman–Crippen LogP) is 2.70. The molecule has 0 N–H and O–H groups in total. The average Bonchev–Trinajstić information content (AvgIpc) is 3.03. The topological polar surface area (TPSA) is 51.7 Å². The van der Waals surface area contributed by atoms with Crippen LogP contribution in [0.1, 0.15) is 22.3 Å². The number of benzene rings is 1. The number of carbonyl (C=O) groups excluding carboxylic acids is 1. The number of amides is 1. The van der Waals surface area contributed by atoms with Gasteiger partial charge in [-0.25, -0.2) is 0 Å². The van der Waals surface area contributed by atoms with Crippen LogP contribution in [0.3, 0.4) is 0 Å². The number of ether oxygens (including phenoxy) is 2. The van der Waals surface area contributed by atoms with E-state index in [-0.39, 0.29) is 11.5 Å². The fourth-order valence-electron chi connectivity index (χ4n) is 3.70. The Morgan fingerprint density at radius 2 is 2.24 bits per heavy atom. The second kappa shape index (κ2) is 6.48. The van der Waals surface area contributed by atoms with Crippen LogP contribution in [0.4, 0.5) is 0 Å². The third-order valence-corrected chi connectivity index (χ3v) is 5.15. The smallest absolute Gasteiger partial charge is 0.254 e. The van der Waals surface area contributed by atoms with E-state index < -0.39 is 0 Å². The Kier molecular flexibility index (Phi) is 4.17. The Bertz CT molecular complexity index is 757. The molecule has 3 heterocycles. The molecule has 2 saturated heterocycles. The zero-order chi connectivity index (χ0) is 17.3. The Hall–Kier alpha value is -2.40. The van der Waals surface area contributed by atoms with Crippen molar-refractivity contribution in [2.24, 2.45) is 5.92 Å². The quantitative estimate of drug-likeness (QED) is 0.860. The second-order valence-corrected chi connectivity index (χ2v) is 6.93.